The second-order valence-corrected chi connectivity index (χ2v) is 4.25. The number of amides is 1. The van der Waals surface area contributed by atoms with Crippen LogP contribution in [0.2, 0.25) is 0 Å². The van der Waals surface area contributed by atoms with Crippen molar-refractivity contribution in [1.82, 2.24) is 5.32 Å². The first-order chi connectivity index (χ1) is 7.17. The Hall–Kier alpha value is -0.650. The first-order valence-electron chi connectivity index (χ1n) is 4.74. The highest BCUT2D eigenvalue weighted by atomic mass is 35.5. The van der Waals surface area contributed by atoms with Crippen molar-refractivity contribution in [3.63, 3.8) is 0 Å². The molecule has 1 amide bonds. The lowest BCUT2D eigenvalue weighted by molar-refractivity contribution is 0.0943. The van der Waals surface area contributed by atoms with E-state index in [1.165, 1.54) is 6.26 Å². The van der Waals surface area contributed by atoms with Crippen LogP contribution in [0, 0.1) is 0 Å². The quantitative estimate of drug-likeness (QED) is 0.848. The first kappa shape index (κ1) is 15.3. The molecule has 1 heterocycles. The van der Waals surface area contributed by atoms with E-state index in [9.17, 15) is 4.79 Å². The van der Waals surface area contributed by atoms with Gasteiger partial charge in [-0.15, -0.1) is 12.4 Å². The fourth-order valence-corrected chi connectivity index (χ4v) is 1.79. The van der Waals surface area contributed by atoms with Gasteiger partial charge in [-0.2, -0.15) is 11.8 Å². The van der Waals surface area contributed by atoms with Crippen LogP contribution in [-0.4, -0.2) is 24.0 Å². The van der Waals surface area contributed by atoms with Crippen molar-refractivity contribution >= 4 is 30.1 Å². The van der Waals surface area contributed by atoms with E-state index in [1.807, 2.05) is 13.2 Å². The molecule has 16 heavy (non-hydrogen) atoms. The zero-order chi connectivity index (χ0) is 11.3. The molecule has 0 aliphatic rings. The van der Waals surface area contributed by atoms with Gasteiger partial charge in [0.05, 0.1) is 12.1 Å². The van der Waals surface area contributed by atoms with Gasteiger partial charge in [0.1, 0.15) is 12.0 Å². The largest absolute Gasteiger partial charge is 0.467 e. The van der Waals surface area contributed by atoms with Crippen LogP contribution in [0.15, 0.2) is 16.7 Å². The van der Waals surface area contributed by atoms with Gasteiger partial charge in [-0.25, -0.2) is 0 Å². The Morgan fingerprint density at radius 2 is 2.38 bits per heavy atom. The number of nitrogens with one attached hydrogen (secondary N) is 1. The lowest BCUT2D eigenvalue weighted by Gasteiger charge is -2.10. The smallest absolute Gasteiger partial charge is 0.254 e. The van der Waals surface area contributed by atoms with Crippen LogP contribution in [0.25, 0.3) is 0 Å². The molecular weight excluding hydrogens is 248 g/mol. The number of carbonyl (C=O) groups excluding carboxylic acids is 1. The van der Waals surface area contributed by atoms with Crippen LogP contribution in [0.4, 0.5) is 0 Å². The molecule has 0 aliphatic carbocycles. The van der Waals surface area contributed by atoms with E-state index in [2.05, 4.69) is 5.32 Å². The molecule has 1 aromatic rings. The zero-order valence-corrected chi connectivity index (χ0v) is 11.0. The highest BCUT2D eigenvalue weighted by Gasteiger charge is 2.11. The maximum Gasteiger partial charge on any atom is 0.254 e. The van der Waals surface area contributed by atoms with Gasteiger partial charge in [0.2, 0.25) is 0 Å². The van der Waals surface area contributed by atoms with Crippen LogP contribution in [0.1, 0.15) is 23.0 Å². The molecule has 92 valence electrons. The second kappa shape index (κ2) is 7.60. The average Bonchev–Trinajstić information content (AvgIpc) is 2.66. The third-order valence-electron chi connectivity index (χ3n) is 1.91. The standard InChI is InChI=1S/C10H16N2O2S.ClH/c1-7(6-15-2)12-10(13)8-3-9(4-11)14-5-8;/h3,5,7H,4,6,11H2,1-2H3,(H,12,13);1H. The van der Waals surface area contributed by atoms with Gasteiger partial charge in [-0.3, -0.25) is 4.79 Å². The molecule has 0 spiro atoms. The van der Waals surface area contributed by atoms with Gasteiger partial charge in [0.15, 0.2) is 0 Å². The number of carbonyl (C=O) groups is 1. The van der Waals surface area contributed by atoms with E-state index in [1.54, 1.807) is 17.8 Å². The minimum atomic E-state index is -0.111. The van der Waals surface area contributed by atoms with Crippen molar-refractivity contribution in [2.45, 2.75) is 19.5 Å². The molecule has 3 N–H and O–H groups in total. The predicted molar refractivity (Wildman–Crippen MR) is 69.2 cm³/mol. The van der Waals surface area contributed by atoms with Crippen molar-refractivity contribution in [1.29, 1.82) is 0 Å². The van der Waals surface area contributed by atoms with Gasteiger partial charge >= 0.3 is 0 Å². The fourth-order valence-electron chi connectivity index (χ4n) is 1.21. The van der Waals surface area contributed by atoms with E-state index < -0.39 is 0 Å². The minimum Gasteiger partial charge on any atom is -0.467 e. The fraction of sp³-hybridized carbons (Fsp3) is 0.500. The minimum absolute atomic E-state index is 0. The Balaban J connectivity index is 0.00000225. The van der Waals surface area contributed by atoms with Crippen LogP contribution < -0.4 is 11.1 Å². The molecule has 6 heteroatoms. The van der Waals surface area contributed by atoms with Crippen molar-refractivity contribution in [3.05, 3.63) is 23.7 Å². The summed E-state index contributed by atoms with van der Waals surface area (Å²) >= 11 is 1.70. The van der Waals surface area contributed by atoms with Crippen LogP contribution >= 0.6 is 24.2 Å². The summed E-state index contributed by atoms with van der Waals surface area (Å²) in [5.41, 5.74) is 5.91. The van der Waals surface area contributed by atoms with Crippen molar-refractivity contribution < 1.29 is 9.21 Å². The summed E-state index contributed by atoms with van der Waals surface area (Å²) in [6, 6.07) is 1.82. The summed E-state index contributed by atoms with van der Waals surface area (Å²) in [4.78, 5) is 11.6. The Morgan fingerprint density at radius 1 is 1.69 bits per heavy atom. The maximum atomic E-state index is 11.6. The number of nitrogens with two attached hydrogens (primary N) is 1. The topological polar surface area (TPSA) is 68.3 Å². The highest BCUT2D eigenvalue weighted by Crippen LogP contribution is 2.07. The van der Waals surface area contributed by atoms with Gasteiger partial charge in [0.25, 0.3) is 5.91 Å². The molecule has 0 aromatic carbocycles. The molecule has 1 aromatic heterocycles. The number of hydrogen-bond donors (Lipinski definition) is 2. The molecular formula is C10H17ClN2O2S. The highest BCUT2D eigenvalue weighted by molar-refractivity contribution is 7.98. The molecule has 0 bridgehead atoms. The summed E-state index contributed by atoms with van der Waals surface area (Å²) < 4.78 is 5.09. The summed E-state index contributed by atoms with van der Waals surface area (Å²) in [7, 11) is 0. The van der Waals surface area contributed by atoms with Gasteiger partial charge in [-0.05, 0) is 19.2 Å². The number of rotatable bonds is 5. The predicted octanol–water partition coefficient (Wildman–Crippen LogP) is 1.64. The lowest BCUT2D eigenvalue weighted by atomic mass is 10.2. The summed E-state index contributed by atoms with van der Waals surface area (Å²) in [5.74, 6) is 1.41. The molecule has 1 atom stereocenters. The summed E-state index contributed by atoms with van der Waals surface area (Å²) in [6.07, 6.45) is 3.44. The Morgan fingerprint density at radius 3 is 2.88 bits per heavy atom. The van der Waals surface area contributed by atoms with E-state index in [0.717, 1.165) is 5.75 Å². The van der Waals surface area contributed by atoms with Crippen LogP contribution in [-0.2, 0) is 6.54 Å². The normalized spacial score (nSPS) is 11.7. The molecule has 0 radical (unpaired) electrons. The molecule has 1 unspecified atom stereocenters. The monoisotopic (exact) mass is 264 g/mol. The summed E-state index contributed by atoms with van der Waals surface area (Å²) in [6.45, 7) is 2.28. The Bertz CT molecular complexity index is 330. The van der Waals surface area contributed by atoms with Gasteiger partial charge in [0, 0.05) is 11.8 Å². The van der Waals surface area contributed by atoms with E-state index in [-0.39, 0.29) is 24.4 Å². The molecule has 0 aliphatic heterocycles. The lowest BCUT2D eigenvalue weighted by Crippen LogP contribution is -2.33. The molecule has 0 saturated carbocycles. The molecule has 4 nitrogen and oxygen atoms in total. The third kappa shape index (κ3) is 4.47. The average molecular weight is 265 g/mol. The third-order valence-corrected chi connectivity index (χ3v) is 2.74. The number of hydrogen-bond acceptors (Lipinski definition) is 4. The first-order valence-corrected chi connectivity index (χ1v) is 6.14. The molecule has 0 fully saturated rings. The second-order valence-electron chi connectivity index (χ2n) is 3.34. The maximum absolute atomic E-state index is 11.6. The number of furan rings is 1. The molecule has 1 rings (SSSR count). The molecule has 0 saturated heterocycles. The van der Waals surface area contributed by atoms with Gasteiger partial charge in [-0.1, -0.05) is 0 Å². The van der Waals surface area contributed by atoms with Crippen molar-refractivity contribution in [2.24, 2.45) is 5.73 Å². The van der Waals surface area contributed by atoms with Crippen molar-refractivity contribution in [3.8, 4) is 0 Å². The number of halogens is 1. The van der Waals surface area contributed by atoms with Crippen molar-refractivity contribution in [2.75, 3.05) is 12.0 Å². The zero-order valence-electron chi connectivity index (χ0n) is 9.36. The van der Waals surface area contributed by atoms with Crippen LogP contribution in [0.3, 0.4) is 0 Å². The SMILES string of the molecule is CSCC(C)NC(=O)c1coc(CN)c1.Cl. The van der Waals surface area contributed by atoms with Gasteiger partial charge < -0.3 is 15.5 Å². The van der Waals surface area contributed by atoms with E-state index in [0.29, 0.717) is 17.9 Å². The summed E-state index contributed by atoms with van der Waals surface area (Å²) in [5, 5.41) is 2.87. The van der Waals surface area contributed by atoms with E-state index in [4.69, 9.17) is 10.2 Å². The Labute approximate surface area is 106 Å². The van der Waals surface area contributed by atoms with E-state index >= 15 is 0 Å². The Kier molecular flexibility index (Phi) is 7.29. The van der Waals surface area contributed by atoms with Crippen LogP contribution in [0.5, 0.6) is 0 Å². The number of thioether (sulfide) groups is 1.